The van der Waals surface area contributed by atoms with Crippen LogP contribution in [0.4, 0.5) is 0 Å². The molecule has 3 aromatic rings. The molecule has 0 aliphatic carbocycles. The first-order chi connectivity index (χ1) is 14.5. The van der Waals surface area contributed by atoms with Crippen LogP contribution in [0, 0.1) is 0 Å². The quantitative estimate of drug-likeness (QED) is 0.543. The van der Waals surface area contributed by atoms with Gasteiger partial charge in [-0.2, -0.15) is 4.31 Å². The topological polar surface area (TPSA) is 49.4 Å². The fourth-order valence-corrected chi connectivity index (χ4v) is 5.19. The van der Waals surface area contributed by atoms with Crippen LogP contribution in [0.5, 0.6) is 0 Å². The maximum absolute atomic E-state index is 13.4. The van der Waals surface area contributed by atoms with Crippen LogP contribution in [-0.2, 0) is 22.2 Å². The molecule has 0 bridgehead atoms. The van der Waals surface area contributed by atoms with Gasteiger partial charge in [0, 0.05) is 7.05 Å². The zero-order chi connectivity index (χ0) is 21.6. The van der Waals surface area contributed by atoms with Crippen molar-refractivity contribution in [3.63, 3.8) is 0 Å². The second-order valence-corrected chi connectivity index (χ2v) is 9.50. The van der Waals surface area contributed by atoms with Crippen LogP contribution in [-0.4, -0.2) is 26.8 Å². The number of rotatable bonds is 9. The summed E-state index contributed by atoms with van der Waals surface area (Å²) in [7, 11) is 0.00375. The van der Waals surface area contributed by atoms with Crippen molar-refractivity contribution in [3.8, 4) is 0 Å². The van der Waals surface area contributed by atoms with Gasteiger partial charge in [-0.3, -0.25) is 0 Å². The van der Waals surface area contributed by atoms with Gasteiger partial charge in [-0.15, -0.1) is 0 Å². The minimum atomic E-state index is -3.55. The first-order valence-corrected chi connectivity index (χ1v) is 11.9. The number of hydrogen-bond acceptors (Lipinski definition) is 3. The average molecular weight is 423 g/mol. The van der Waals surface area contributed by atoms with E-state index in [0.717, 1.165) is 23.1 Å². The predicted octanol–water partition coefficient (Wildman–Crippen LogP) is 4.71. The van der Waals surface area contributed by atoms with E-state index >= 15 is 0 Å². The van der Waals surface area contributed by atoms with Crippen molar-refractivity contribution in [2.75, 3.05) is 14.1 Å². The third-order valence-electron chi connectivity index (χ3n) is 5.54. The number of nitrogens with one attached hydrogen (secondary N) is 1. The van der Waals surface area contributed by atoms with Crippen LogP contribution in [0.25, 0.3) is 0 Å². The zero-order valence-electron chi connectivity index (χ0n) is 17.8. The first-order valence-electron chi connectivity index (χ1n) is 10.3. The van der Waals surface area contributed by atoms with Gasteiger partial charge >= 0.3 is 0 Å². The highest BCUT2D eigenvalue weighted by molar-refractivity contribution is 7.88. The van der Waals surface area contributed by atoms with Crippen molar-refractivity contribution in [3.05, 3.63) is 107 Å². The molecule has 4 nitrogen and oxygen atoms in total. The molecule has 1 N–H and O–H groups in total. The maximum Gasteiger partial charge on any atom is 0.218 e. The van der Waals surface area contributed by atoms with Crippen LogP contribution >= 0.6 is 0 Å². The molecule has 0 aliphatic heterocycles. The zero-order valence-corrected chi connectivity index (χ0v) is 18.6. The standard InChI is InChI=1S/C25H30N2O2S/c1-4-20-15-17-21(18-16-20)19-30(28,29)27(3)25(23-13-9-6-10-14-23)24(26-2)22-11-7-5-8-12-22/h5-18,24-26H,4,19H2,1-3H3. The molecule has 0 saturated heterocycles. The number of aryl methyl sites for hydroxylation is 1. The molecule has 0 amide bonds. The Labute approximate surface area is 180 Å². The SMILES string of the molecule is CCc1ccc(CS(=O)(=O)N(C)C(c2ccccc2)C(NC)c2ccccc2)cc1. The van der Waals surface area contributed by atoms with E-state index in [1.54, 1.807) is 7.05 Å². The molecule has 0 saturated carbocycles. The van der Waals surface area contributed by atoms with Crippen LogP contribution in [0.1, 0.15) is 41.3 Å². The summed E-state index contributed by atoms with van der Waals surface area (Å²) in [6.45, 7) is 2.09. The number of sulfonamides is 1. The number of likely N-dealkylation sites (N-methyl/N-ethyl adjacent to an activating group) is 2. The number of hydrogen-bond donors (Lipinski definition) is 1. The Morgan fingerprint density at radius 2 is 1.30 bits per heavy atom. The van der Waals surface area contributed by atoms with E-state index < -0.39 is 10.0 Å². The lowest BCUT2D eigenvalue weighted by molar-refractivity contribution is 0.301. The molecule has 5 heteroatoms. The summed E-state index contributed by atoms with van der Waals surface area (Å²) in [6.07, 6.45) is 0.934. The molecule has 0 aromatic heterocycles. The van der Waals surface area contributed by atoms with Gasteiger partial charge in [-0.05, 0) is 35.7 Å². The van der Waals surface area contributed by atoms with Crippen LogP contribution in [0.3, 0.4) is 0 Å². The van der Waals surface area contributed by atoms with Gasteiger partial charge in [0.1, 0.15) is 0 Å². The average Bonchev–Trinajstić information content (AvgIpc) is 2.78. The van der Waals surface area contributed by atoms with E-state index in [1.807, 2.05) is 92.0 Å². The second-order valence-electron chi connectivity index (χ2n) is 7.48. The Morgan fingerprint density at radius 1 is 0.800 bits per heavy atom. The molecule has 0 fully saturated rings. The Balaban J connectivity index is 1.97. The van der Waals surface area contributed by atoms with E-state index in [2.05, 4.69) is 12.2 Å². The Kier molecular flexibility index (Phi) is 7.43. The molecule has 30 heavy (non-hydrogen) atoms. The lowest BCUT2D eigenvalue weighted by Crippen LogP contribution is -2.39. The van der Waals surface area contributed by atoms with Crippen LogP contribution in [0.15, 0.2) is 84.9 Å². The van der Waals surface area contributed by atoms with Gasteiger partial charge < -0.3 is 5.32 Å². The molecule has 2 unspecified atom stereocenters. The first kappa shape index (κ1) is 22.2. The van der Waals surface area contributed by atoms with Gasteiger partial charge in [-0.1, -0.05) is 91.9 Å². The highest BCUT2D eigenvalue weighted by atomic mass is 32.2. The molecule has 0 spiro atoms. The summed E-state index contributed by atoms with van der Waals surface area (Å²) in [5.41, 5.74) is 3.99. The van der Waals surface area contributed by atoms with E-state index in [4.69, 9.17) is 0 Å². The van der Waals surface area contributed by atoms with Crippen molar-refractivity contribution in [1.29, 1.82) is 0 Å². The summed E-state index contributed by atoms with van der Waals surface area (Å²) in [5.74, 6) is -0.0257. The smallest absolute Gasteiger partial charge is 0.218 e. The number of nitrogens with zero attached hydrogens (tertiary/aromatic N) is 1. The second kappa shape index (κ2) is 10.0. The van der Waals surface area contributed by atoms with E-state index in [-0.39, 0.29) is 17.8 Å². The minimum Gasteiger partial charge on any atom is -0.311 e. The van der Waals surface area contributed by atoms with Crippen molar-refractivity contribution in [1.82, 2.24) is 9.62 Å². The van der Waals surface area contributed by atoms with Gasteiger partial charge in [0.15, 0.2) is 0 Å². The van der Waals surface area contributed by atoms with Crippen LogP contribution in [0.2, 0.25) is 0 Å². The Morgan fingerprint density at radius 3 is 1.80 bits per heavy atom. The van der Waals surface area contributed by atoms with Gasteiger partial charge in [0.25, 0.3) is 0 Å². The molecule has 2 atom stereocenters. The Hall–Kier alpha value is -2.47. The van der Waals surface area contributed by atoms with Crippen molar-refractivity contribution < 1.29 is 8.42 Å². The summed E-state index contributed by atoms with van der Waals surface area (Å²) < 4.78 is 28.4. The molecule has 3 aromatic carbocycles. The highest BCUT2D eigenvalue weighted by Gasteiger charge is 2.34. The fraction of sp³-hybridized carbons (Fsp3) is 0.280. The summed E-state index contributed by atoms with van der Waals surface area (Å²) in [6, 6.07) is 27.1. The molecule has 0 radical (unpaired) electrons. The van der Waals surface area contributed by atoms with Gasteiger partial charge in [-0.25, -0.2) is 8.42 Å². The van der Waals surface area contributed by atoms with Crippen LogP contribution < -0.4 is 5.32 Å². The van der Waals surface area contributed by atoms with Crippen molar-refractivity contribution >= 4 is 10.0 Å². The van der Waals surface area contributed by atoms with Gasteiger partial charge in [0.05, 0.1) is 17.8 Å². The van der Waals surface area contributed by atoms with Gasteiger partial charge in [0.2, 0.25) is 10.0 Å². The lowest BCUT2D eigenvalue weighted by Gasteiger charge is -2.34. The molecule has 158 valence electrons. The normalized spacial score (nSPS) is 13.9. The molecular weight excluding hydrogens is 392 g/mol. The van der Waals surface area contributed by atoms with Crippen molar-refractivity contribution in [2.45, 2.75) is 31.2 Å². The fourth-order valence-electron chi connectivity index (χ4n) is 3.79. The predicted molar refractivity (Wildman–Crippen MR) is 124 cm³/mol. The minimum absolute atomic E-state index is 0.0257. The highest BCUT2D eigenvalue weighted by Crippen LogP contribution is 2.35. The van der Waals surface area contributed by atoms with E-state index in [9.17, 15) is 8.42 Å². The third kappa shape index (κ3) is 5.17. The molecule has 3 rings (SSSR count). The van der Waals surface area contributed by atoms with E-state index in [1.165, 1.54) is 9.87 Å². The number of benzene rings is 3. The molecule has 0 heterocycles. The molecule has 0 aliphatic rings. The maximum atomic E-state index is 13.4. The lowest BCUT2D eigenvalue weighted by atomic mass is 9.93. The monoisotopic (exact) mass is 422 g/mol. The summed E-state index contributed by atoms with van der Waals surface area (Å²) >= 11 is 0. The largest absolute Gasteiger partial charge is 0.311 e. The Bertz CT molecular complexity index is 1020. The van der Waals surface area contributed by atoms with Crippen molar-refractivity contribution in [2.24, 2.45) is 0 Å². The summed E-state index contributed by atoms with van der Waals surface area (Å²) in [4.78, 5) is 0. The summed E-state index contributed by atoms with van der Waals surface area (Å²) in [5, 5.41) is 3.34. The van der Waals surface area contributed by atoms with E-state index in [0.29, 0.717) is 0 Å². The molecular formula is C25H30N2O2S. The third-order valence-corrected chi connectivity index (χ3v) is 7.34.